The number of amides is 1. The summed E-state index contributed by atoms with van der Waals surface area (Å²) in [5.41, 5.74) is 6.98. The second kappa shape index (κ2) is 9.64. The molecule has 3 rings (SSSR count). The van der Waals surface area contributed by atoms with Crippen molar-refractivity contribution in [2.75, 3.05) is 37.7 Å². The van der Waals surface area contributed by atoms with Gasteiger partial charge in [-0.2, -0.15) is 0 Å². The first-order chi connectivity index (χ1) is 13.6. The summed E-state index contributed by atoms with van der Waals surface area (Å²) in [4.78, 5) is 21.9. The molecule has 0 aliphatic carbocycles. The highest BCUT2D eigenvalue weighted by atomic mass is 16.6. The van der Waals surface area contributed by atoms with E-state index in [0.717, 1.165) is 13.1 Å². The first-order valence-electron chi connectivity index (χ1n) is 9.38. The maximum atomic E-state index is 12.6. The van der Waals surface area contributed by atoms with Crippen LogP contribution in [-0.2, 0) is 9.63 Å². The number of carbonyl (C=O) groups is 1. The normalized spacial score (nSPS) is 15.8. The van der Waals surface area contributed by atoms with Crippen molar-refractivity contribution in [3.63, 3.8) is 0 Å². The van der Waals surface area contributed by atoms with Gasteiger partial charge in [-0.3, -0.25) is 4.79 Å². The third-order valence-electron chi connectivity index (χ3n) is 4.52. The van der Waals surface area contributed by atoms with Crippen LogP contribution in [0.25, 0.3) is 0 Å². The number of nitrogens with zero attached hydrogens (tertiary/aromatic N) is 3. The maximum absolute atomic E-state index is 12.6. The van der Waals surface area contributed by atoms with E-state index in [1.165, 1.54) is 5.69 Å². The summed E-state index contributed by atoms with van der Waals surface area (Å²) in [6, 6.07) is 19.5. The van der Waals surface area contributed by atoms with Gasteiger partial charge in [0.1, 0.15) is 12.4 Å². The molecule has 1 aliphatic rings. The van der Waals surface area contributed by atoms with Crippen LogP contribution in [0.2, 0.25) is 0 Å². The highest BCUT2D eigenvalue weighted by Crippen LogP contribution is 2.16. The standard InChI is InChI=1S/C21H26N4O3/c1-17(28-23-20(22)16-27-19-10-6-3-7-11-19)21(26)25-14-12-24(13-15-25)18-8-4-2-5-9-18/h2-11,17H,12-16H2,1H3,(H2,22,23). The van der Waals surface area contributed by atoms with E-state index in [0.29, 0.717) is 18.8 Å². The summed E-state index contributed by atoms with van der Waals surface area (Å²) >= 11 is 0. The Morgan fingerprint density at radius 3 is 2.29 bits per heavy atom. The van der Waals surface area contributed by atoms with Crippen LogP contribution < -0.4 is 15.4 Å². The van der Waals surface area contributed by atoms with E-state index in [2.05, 4.69) is 22.2 Å². The van der Waals surface area contributed by atoms with Crippen LogP contribution in [0.1, 0.15) is 6.92 Å². The SMILES string of the molecule is CC(O/N=C(\N)COc1ccccc1)C(=O)N1CCN(c2ccccc2)CC1. The Bertz CT molecular complexity index is 775. The number of anilines is 1. The Hall–Kier alpha value is -3.22. The van der Waals surface area contributed by atoms with E-state index >= 15 is 0 Å². The Morgan fingerprint density at radius 1 is 1.04 bits per heavy atom. The summed E-state index contributed by atoms with van der Waals surface area (Å²) in [6.07, 6.45) is -0.696. The maximum Gasteiger partial charge on any atom is 0.266 e. The van der Waals surface area contributed by atoms with Crippen molar-refractivity contribution in [2.45, 2.75) is 13.0 Å². The van der Waals surface area contributed by atoms with Gasteiger partial charge in [0.2, 0.25) is 6.10 Å². The lowest BCUT2D eigenvalue weighted by atomic mass is 10.2. The molecule has 0 bridgehead atoms. The van der Waals surface area contributed by atoms with Gasteiger partial charge in [0.15, 0.2) is 5.84 Å². The van der Waals surface area contributed by atoms with Gasteiger partial charge >= 0.3 is 0 Å². The van der Waals surface area contributed by atoms with Crippen molar-refractivity contribution in [3.8, 4) is 5.75 Å². The van der Waals surface area contributed by atoms with Crippen molar-refractivity contribution in [1.82, 2.24) is 4.90 Å². The number of rotatable bonds is 7. The molecule has 7 nitrogen and oxygen atoms in total. The summed E-state index contributed by atoms with van der Waals surface area (Å²) in [5, 5.41) is 3.83. The fraction of sp³-hybridized carbons (Fsp3) is 0.333. The van der Waals surface area contributed by atoms with Crippen molar-refractivity contribution in [3.05, 3.63) is 60.7 Å². The molecule has 1 unspecified atom stereocenters. The third-order valence-corrected chi connectivity index (χ3v) is 4.52. The number of hydrogen-bond acceptors (Lipinski definition) is 5. The molecule has 1 atom stereocenters. The molecule has 148 valence electrons. The zero-order valence-electron chi connectivity index (χ0n) is 16.0. The molecular formula is C21H26N4O3. The largest absolute Gasteiger partial charge is 0.486 e. The minimum Gasteiger partial charge on any atom is -0.486 e. The predicted octanol–water partition coefficient (Wildman–Crippen LogP) is 2.09. The van der Waals surface area contributed by atoms with Gasteiger partial charge in [-0.25, -0.2) is 0 Å². The Labute approximate surface area is 165 Å². The van der Waals surface area contributed by atoms with Crippen molar-refractivity contribution in [1.29, 1.82) is 0 Å². The zero-order chi connectivity index (χ0) is 19.8. The predicted molar refractivity (Wildman–Crippen MR) is 109 cm³/mol. The average molecular weight is 382 g/mol. The Balaban J connectivity index is 1.43. The molecule has 2 aromatic rings. The van der Waals surface area contributed by atoms with Gasteiger partial charge in [-0.05, 0) is 31.2 Å². The second-order valence-corrected chi connectivity index (χ2v) is 6.58. The van der Waals surface area contributed by atoms with E-state index < -0.39 is 6.10 Å². The number of carbonyl (C=O) groups excluding carboxylic acids is 1. The molecule has 1 heterocycles. The topological polar surface area (TPSA) is 80.4 Å². The summed E-state index contributed by atoms with van der Waals surface area (Å²) in [6.45, 7) is 4.66. The molecular weight excluding hydrogens is 356 g/mol. The molecule has 28 heavy (non-hydrogen) atoms. The van der Waals surface area contributed by atoms with E-state index in [4.69, 9.17) is 15.3 Å². The highest BCUT2D eigenvalue weighted by Gasteiger charge is 2.26. The minimum absolute atomic E-state index is 0.0896. The monoisotopic (exact) mass is 382 g/mol. The number of para-hydroxylation sites is 2. The number of benzene rings is 2. The molecule has 1 aliphatic heterocycles. The number of piperazine rings is 1. The number of amidine groups is 1. The van der Waals surface area contributed by atoms with Crippen LogP contribution in [0.4, 0.5) is 5.69 Å². The summed E-state index contributed by atoms with van der Waals surface area (Å²) in [5.74, 6) is 0.784. The van der Waals surface area contributed by atoms with Gasteiger partial charge in [-0.15, -0.1) is 0 Å². The molecule has 0 saturated carbocycles. The first kappa shape index (κ1) is 19.5. The number of oxime groups is 1. The molecule has 7 heteroatoms. The molecule has 1 fully saturated rings. The van der Waals surface area contributed by atoms with Crippen LogP contribution in [0.15, 0.2) is 65.8 Å². The fourth-order valence-electron chi connectivity index (χ4n) is 2.97. The van der Waals surface area contributed by atoms with E-state index in [-0.39, 0.29) is 18.3 Å². The smallest absolute Gasteiger partial charge is 0.266 e. The molecule has 0 aromatic heterocycles. The van der Waals surface area contributed by atoms with Gasteiger partial charge < -0.3 is 25.1 Å². The fourth-order valence-corrected chi connectivity index (χ4v) is 2.97. The van der Waals surface area contributed by atoms with Crippen LogP contribution >= 0.6 is 0 Å². The van der Waals surface area contributed by atoms with Crippen LogP contribution in [0.3, 0.4) is 0 Å². The third kappa shape index (κ3) is 5.39. The molecule has 0 spiro atoms. The number of nitrogens with two attached hydrogens (primary N) is 1. The molecule has 2 aromatic carbocycles. The number of ether oxygens (including phenoxy) is 1. The average Bonchev–Trinajstić information content (AvgIpc) is 2.77. The molecule has 0 radical (unpaired) electrons. The summed E-state index contributed by atoms with van der Waals surface area (Å²) in [7, 11) is 0. The Morgan fingerprint density at radius 2 is 1.64 bits per heavy atom. The zero-order valence-corrected chi connectivity index (χ0v) is 16.0. The second-order valence-electron chi connectivity index (χ2n) is 6.58. The van der Waals surface area contributed by atoms with Gasteiger partial charge in [0, 0.05) is 31.9 Å². The summed E-state index contributed by atoms with van der Waals surface area (Å²) < 4.78 is 5.49. The first-order valence-corrected chi connectivity index (χ1v) is 9.38. The molecule has 2 N–H and O–H groups in total. The van der Waals surface area contributed by atoms with Crippen molar-refractivity contribution in [2.24, 2.45) is 10.9 Å². The van der Waals surface area contributed by atoms with Gasteiger partial charge in [0.05, 0.1) is 0 Å². The highest BCUT2D eigenvalue weighted by molar-refractivity contribution is 5.82. The van der Waals surface area contributed by atoms with Crippen molar-refractivity contribution >= 4 is 17.4 Å². The van der Waals surface area contributed by atoms with Crippen LogP contribution in [0, 0.1) is 0 Å². The van der Waals surface area contributed by atoms with Crippen LogP contribution in [0.5, 0.6) is 5.75 Å². The van der Waals surface area contributed by atoms with Crippen LogP contribution in [-0.4, -0.2) is 55.5 Å². The lowest BCUT2D eigenvalue weighted by Crippen LogP contribution is -2.51. The van der Waals surface area contributed by atoms with Gasteiger partial charge in [0.25, 0.3) is 5.91 Å². The van der Waals surface area contributed by atoms with Crippen molar-refractivity contribution < 1.29 is 14.4 Å². The number of hydrogen-bond donors (Lipinski definition) is 1. The quantitative estimate of drug-likeness (QED) is 0.451. The molecule has 1 amide bonds. The minimum atomic E-state index is -0.696. The van der Waals surface area contributed by atoms with Gasteiger partial charge in [-0.1, -0.05) is 41.6 Å². The molecule has 1 saturated heterocycles. The van der Waals surface area contributed by atoms with E-state index in [1.807, 2.05) is 48.5 Å². The Kier molecular flexibility index (Phi) is 6.73. The van der Waals surface area contributed by atoms with E-state index in [9.17, 15) is 4.79 Å². The lowest BCUT2D eigenvalue weighted by molar-refractivity contribution is -0.142. The van der Waals surface area contributed by atoms with E-state index in [1.54, 1.807) is 11.8 Å². The lowest BCUT2D eigenvalue weighted by Gasteiger charge is -2.36.